The van der Waals surface area contributed by atoms with Crippen molar-refractivity contribution in [3.05, 3.63) is 56.2 Å². The van der Waals surface area contributed by atoms with Crippen molar-refractivity contribution in [3.63, 3.8) is 0 Å². The molecule has 0 radical (unpaired) electrons. The fourth-order valence-corrected chi connectivity index (χ4v) is 5.59. The summed E-state index contributed by atoms with van der Waals surface area (Å²) >= 11 is 8.01. The first kappa shape index (κ1) is 22.9. The van der Waals surface area contributed by atoms with Crippen molar-refractivity contribution in [1.82, 2.24) is 0 Å². The summed E-state index contributed by atoms with van der Waals surface area (Å²) in [6, 6.07) is 10.1. The van der Waals surface area contributed by atoms with Crippen LogP contribution in [0.2, 0.25) is 23.2 Å². The molecule has 3 rings (SSSR count). The van der Waals surface area contributed by atoms with Gasteiger partial charge in [0.1, 0.15) is 0 Å². The summed E-state index contributed by atoms with van der Waals surface area (Å²) in [5, 5.41) is 0.791. The predicted octanol–water partition coefficient (Wildman–Crippen LogP) is 6.70. The number of hydrogen-bond acceptors (Lipinski definition) is 5. The second-order valence-electron chi connectivity index (χ2n) is 8.85. The molecule has 1 aromatic heterocycles. The third-order valence-corrected chi connectivity index (χ3v) is 11.5. The molecule has 160 valence electrons. The van der Waals surface area contributed by atoms with Crippen LogP contribution >= 0.6 is 22.9 Å². The molecular weight excluding hydrogens is 424 g/mol. The van der Waals surface area contributed by atoms with E-state index in [4.69, 9.17) is 30.2 Å². The number of ether oxygens (including phenoxy) is 3. The van der Waals surface area contributed by atoms with E-state index in [-0.39, 0.29) is 17.4 Å². The van der Waals surface area contributed by atoms with Crippen molar-refractivity contribution in [2.45, 2.75) is 57.9 Å². The highest BCUT2D eigenvalue weighted by Gasteiger charge is 2.40. The normalized spacial score (nSPS) is 17.1. The van der Waals surface area contributed by atoms with Gasteiger partial charge >= 0.3 is 0 Å². The molecule has 0 aliphatic carbocycles. The summed E-state index contributed by atoms with van der Waals surface area (Å²) in [6.45, 7) is 13.1. The molecule has 0 saturated carbocycles. The maximum absolute atomic E-state index is 6.94. The molecule has 1 aromatic carbocycles. The Kier molecular flexibility index (Phi) is 7.26. The highest BCUT2D eigenvalue weighted by molar-refractivity contribution is 7.12. The lowest BCUT2D eigenvalue weighted by Gasteiger charge is -2.39. The van der Waals surface area contributed by atoms with E-state index in [9.17, 15) is 0 Å². The second-order valence-corrected chi connectivity index (χ2v) is 15.2. The van der Waals surface area contributed by atoms with E-state index in [2.05, 4.69) is 46.0 Å². The maximum Gasteiger partial charge on any atom is 0.193 e. The van der Waals surface area contributed by atoms with E-state index < -0.39 is 8.32 Å². The number of benzene rings is 1. The standard InChI is InChI=1S/C22H31ClO4SSi/c1-22(2,3)29(5,6)27-20(15-8-7-9-16(23)12-15)17-13-18(21-25-10-11-26-21)28-19(17)14-24-4/h7-9,12-13,20-21H,10-11,14H2,1-6H3. The minimum Gasteiger partial charge on any atom is -0.406 e. The molecule has 1 aliphatic rings. The van der Waals surface area contributed by atoms with E-state index in [0.29, 0.717) is 24.8 Å². The lowest BCUT2D eigenvalue weighted by atomic mass is 10.0. The highest BCUT2D eigenvalue weighted by Crippen LogP contribution is 2.45. The van der Waals surface area contributed by atoms with Gasteiger partial charge < -0.3 is 18.6 Å². The quantitative estimate of drug-likeness (QED) is 0.436. The molecule has 0 spiro atoms. The molecule has 1 unspecified atom stereocenters. The number of methoxy groups -OCH3 is 1. The van der Waals surface area contributed by atoms with E-state index in [1.54, 1.807) is 18.4 Å². The van der Waals surface area contributed by atoms with Gasteiger partial charge in [0, 0.05) is 22.6 Å². The first-order valence-electron chi connectivity index (χ1n) is 9.90. The lowest BCUT2D eigenvalue weighted by Crippen LogP contribution is -2.42. The van der Waals surface area contributed by atoms with Gasteiger partial charge in [-0.05, 0) is 41.9 Å². The predicted molar refractivity (Wildman–Crippen MR) is 121 cm³/mol. The average Bonchev–Trinajstić information content (AvgIpc) is 3.29. The first-order chi connectivity index (χ1) is 13.6. The Bertz CT molecular complexity index is 824. The summed E-state index contributed by atoms with van der Waals surface area (Å²) in [4.78, 5) is 2.18. The summed E-state index contributed by atoms with van der Waals surface area (Å²) in [6.07, 6.45) is -0.525. The van der Waals surface area contributed by atoms with Crippen LogP contribution < -0.4 is 0 Å². The van der Waals surface area contributed by atoms with Crippen LogP contribution in [0.1, 0.15) is 54.0 Å². The molecule has 4 nitrogen and oxygen atoms in total. The van der Waals surface area contributed by atoms with E-state index in [0.717, 1.165) is 20.9 Å². The SMILES string of the molecule is COCc1sc(C2OCCO2)cc1C(O[Si](C)(C)C(C)(C)C)c1cccc(Cl)c1. The van der Waals surface area contributed by atoms with Crippen molar-refractivity contribution in [2.24, 2.45) is 0 Å². The number of halogens is 1. The fraction of sp³-hybridized carbons (Fsp3) is 0.545. The van der Waals surface area contributed by atoms with Crippen molar-refractivity contribution in [2.75, 3.05) is 20.3 Å². The molecule has 0 amide bonds. The van der Waals surface area contributed by atoms with Crippen molar-refractivity contribution in [1.29, 1.82) is 0 Å². The van der Waals surface area contributed by atoms with E-state index in [1.807, 2.05) is 18.2 Å². The zero-order chi connectivity index (χ0) is 21.2. The molecule has 1 aliphatic heterocycles. The van der Waals surface area contributed by atoms with Crippen LogP contribution in [0.3, 0.4) is 0 Å². The number of hydrogen-bond donors (Lipinski definition) is 0. The van der Waals surface area contributed by atoms with Crippen molar-refractivity contribution < 1.29 is 18.6 Å². The third kappa shape index (κ3) is 5.31. The summed E-state index contributed by atoms with van der Waals surface area (Å²) in [7, 11) is -0.344. The summed E-state index contributed by atoms with van der Waals surface area (Å²) in [5.41, 5.74) is 2.16. The summed E-state index contributed by atoms with van der Waals surface area (Å²) in [5.74, 6) is 0. The molecule has 2 aromatic rings. The molecule has 29 heavy (non-hydrogen) atoms. The van der Waals surface area contributed by atoms with Crippen molar-refractivity contribution in [3.8, 4) is 0 Å². The van der Waals surface area contributed by atoms with Crippen LogP contribution in [-0.4, -0.2) is 28.6 Å². The zero-order valence-electron chi connectivity index (χ0n) is 18.1. The van der Waals surface area contributed by atoms with Gasteiger partial charge in [-0.3, -0.25) is 0 Å². The van der Waals surface area contributed by atoms with Gasteiger partial charge in [-0.25, -0.2) is 0 Å². The van der Waals surface area contributed by atoms with E-state index >= 15 is 0 Å². The van der Waals surface area contributed by atoms with Gasteiger partial charge in [-0.15, -0.1) is 11.3 Å². The second kappa shape index (κ2) is 9.18. The van der Waals surface area contributed by atoms with Crippen LogP contribution in [0, 0.1) is 0 Å². The molecule has 0 N–H and O–H groups in total. The van der Waals surface area contributed by atoms with Gasteiger partial charge in [-0.2, -0.15) is 0 Å². The van der Waals surface area contributed by atoms with E-state index in [1.165, 1.54) is 0 Å². The smallest absolute Gasteiger partial charge is 0.193 e. The Morgan fingerprint density at radius 1 is 1.21 bits per heavy atom. The highest BCUT2D eigenvalue weighted by atomic mass is 35.5. The Morgan fingerprint density at radius 3 is 2.48 bits per heavy atom. The molecule has 1 saturated heterocycles. The van der Waals surface area contributed by atoms with Crippen LogP contribution in [0.15, 0.2) is 30.3 Å². The molecular formula is C22H31ClO4SSi. The molecule has 7 heteroatoms. The fourth-order valence-electron chi connectivity index (χ4n) is 3.02. The molecule has 0 bridgehead atoms. The minimum atomic E-state index is -2.06. The average molecular weight is 455 g/mol. The van der Waals surface area contributed by atoms with Gasteiger partial charge in [0.2, 0.25) is 0 Å². The zero-order valence-corrected chi connectivity index (χ0v) is 20.7. The van der Waals surface area contributed by atoms with Crippen LogP contribution in [0.4, 0.5) is 0 Å². The topological polar surface area (TPSA) is 36.9 Å². The van der Waals surface area contributed by atoms with Gasteiger partial charge in [0.05, 0.1) is 30.8 Å². The van der Waals surface area contributed by atoms with Crippen molar-refractivity contribution >= 4 is 31.3 Å². The summed E-state index contributed by atoms with van der Waals surface area (Å²) < 4.78 is 23.9. The van der Waals surface area contributed by atoms with Gasteiger partial charge in [-0.1, -0.05) is 44.5 Å². The lowest BCUT2D eigenvalue weighted by molar-refractivity contribution is -0.0413. The van der Waals surface area contributed by atoms with Gasteiger partial charge in [0.15, 0.2) is 14.6 Å². The third-order valence-electron chi connectivity index (χ3n) is 5.64. The van der Waals surface area contributed by atoms with Crippen LogP contribution in [0.5, 0.6) is 0 Å². The Hall–Kier alpha value is -0.733. The monoisotopic (exact) mass is 454 g/mol. The minimum absolute atomic E-state index is 0.0851. The Labute approximate surface area is 184 Å². The molecule has 1 fully saturated rings. The Morgan fingerprint density at radius 2 is 1.90 bits per heavy atom. The number of thiophene rings is 1. The van der Waals surface area contributed by atoms with Crippen LogP contribution in [0.25, 0.3) is 0 Å². The number of rotatable bonds is 7. The first-order valence-corrected chi connectivity index (χ1v) is 14.0. The van der Waals surface area contributed by atoms with Crippen LogP contribution in [-0.2, 0) is 25.2 Å². The Balaban J connectivity index is 2.07. The van der Waals surface area contributed by atoms with Gasteiger partial charge in [0.25, 0.3) is 0 Å². The molecule has 1 atom stereocenters. The largest absolute Gasteiger partial charge is 0.406 e. The molecule has 2 heterocycles. The maximum atomic E-state index is 6.94.